The number of nitrogens with zero attached hydrogens (tertiary/aromatic N) is 2. The highest BCUT2D eigenvalue weighted by Crippen LogP contribution is 2.26. The maximum atomic E-state index is 12.8. The summed E-state index contributed by atoms with van der Waals surface area (Å²) < 4.78 is 53.8. The van der Waals surface area contributed by atoms with Crippen LogP contribution in [-0.4, -0.2) is 51.6 Å². The highest BCUT2D eigenvalue weighted by atomic mass is 32.2. The van der Waals surface area contributed by atoms with Gasteiger partial charge in [-0.1, -0.05) is 13.3 Å². The summed E-state index contributed by atoms with van der Waals surface area (Å²) in [5.41, 5.74) is 0. The summed E-state index contributed by atoms with van der Waals surface area (Å²) in [6, 6.07) is 5.69. The second-order valence-electron chi connectivity index (χ2n) is 7.05. The fraction of sp³-hybridized carbons (Fsp3) is 0.647. The van der Waals surface area contributed by atoms with E-state index in [1.165, 1.54) is 32.9 Å². The molecule has 0 radical (unpaired) electrons. The van der Waals surface area contributed by atoms with E-state index < -0.39 is 20.0 Å². The molecule has 0 amide bonds. The van der Waals surface area contributed by atoms with Gasteiger partial charge in [-0.15, -0.1) is 0 Å². The average molecular weight is 387 g/mol. The number of rotatable bonds is 4. The van der Waals surface area contributed by atoms with Gasteiger partial charge >= 0.3 is 0 Å². The maximum Gasteiger partial charge on any atom is 0.243 e. The quantitative estimate of drug-likeness (QED) is 0.796. The molecule has 25 heavy (non-hydrogen) atoms. The smallest absolute Gasteiger partial charge is 0.207 e. The first-order valence-corrected chi connectivity index (χ1v) is 11.8. The normalized spacial score (nSPS) is 24.3. The largest absolute Gasteiger partial charge is 0.243 e. The van der Waals surface area contributed by atoms with Gasteiger partial charge in [0.1, 0.15) is 0 Å². The van der Waals surface area contributed by atoms with Crippen LogP contribution in [0.5, 0.6) is 0 Å². The number of benzene rings is 1. The second kappa shape index (κ2) is 7.34. The molecular weight excluding hydrogens is 360 g/mol. The van der Waals surface area contributed by atoms with E-state index in [1.807, 2.05) is 0 Å². The molecule has 0 aromatic heterocycles. The molecule has 2 aliphatic rings. The van der Waals surface area contributed by atoms with Gasteiger partial charge in [0.2, 0.25) is 20.0 Å². The van der Waals surface area contributed by atoms with Crippen molar-refractivity contribution in [3.05, 3.63) is 24.3 Å². The first-order valence-electron chi connectivity index (χ1n) is 8.92. The van der Waals surface area contributed by atoms with Crippen LogP contribution in [0.1, 0.15) is 39.0 Å². The first-order chi connectivity index (χ1) is 11.8. The number of hydrogen-bond acceptors (Lipinski definition) is 4. The summed E-state index contributed by atoms with van der Waals surface area (Å²) in [5.74, 6) is 0.349. The van der Waals surface area contributed by atoms with Gasteiger partial charge in [0.05, 0.1) is 9.79 Å². The molecule has 140 valence electrons. The molecule has 2 aliphatic heterocycles. The van der Waals surface area contributed by atoms with Crippen LogP contribution in [0.15, 0.2) is 34.1 Å². The summed E-state index contributed by atoms with van der Waals surface area (Å²) in [6.45, 7) is 4.18. The van der Waals surface area contributed by atoms with Crippen LogP contribution in [0, 0.1) is 5.92 Å². The molecule has 0 bridgehead atoms. The molecular formula is C17H26N2O4S2. The first kappa shape index (κ1) is 18.8. The van der Waals surface area contributed by atoms with Gasteiger partial charge < -0.3 is 0 Å². The van der Waals surface area contributed by atoms with E-state index in [0.29, 0.717) is 32.1 Å². The third-order valence-electron chi connectivity index (χ3n) is 5.03. The fourth-order valence-corrected chi connectivity index (χ4v) is 6.67. The van der Waals surface area contributed by atoms with Gasteiger partial charge in [-0.25, -0.2) is 16.8 Å². The number of piperidine rings is 2. The van der Waals surface area contributed by atoms with Crippen LogP contribution < -0.4 is 0 Å². The summed E-state index contributed by atoms with van der Waals surface area (Å²) in [6.07, 6.45) is 4.70. The Kier molecular flexibility index (Phi) is 5.53. The molecule has 0 aliphatic carbocycles. The molecule has 2 heterocycles. The predicted octanol–water partition coefficient (Wildman–Crippen LogP) is 2.28. The molecule has 6 nitrogen and oxygen atoms in total. The Labute approximate surface area is 150 Å². The fourth-order valence-electron chi connectivity index (χ4n) is 3.55. The van der Waals surface area contributed by atoms with Crippen LogP contribution in [0.2, 0.25) is 0 Å². The minimum Gasteiger partial charge on any atom is -0.207 e. The van der Waals surface area contributed by atoms with Crippen molar-refractivity contribution in [2.45, 2.75) is 48.8 Å². The lowest BCUT2D eigenvalue weighted by Gasteiger charge is -2.30. The van der Waals surface area contributed by atoms with E-state index in [9.17, 15) is 16.8 Å². The summed E-state index contributed by atoms with van der Waals surface area (Å²) in [7, 11) is -7.09. The predicted molar refractivity (Wildman–Crippen MR) is 96.2 cm³/mol. The Morgan fingerprint density at radius 2 is 1.24 bits per heavy atom. The molecule has 0 N–H and O–H groups in total. The van der Waals surface area contributed by atoms with Crippen molar-refractivity contribution >= 4 is 20.0 Å². The van der Waals surface area contributed by atoms with Crippen LogP contribution in [0.25, 0.3) is 0 Å². The van der Waals surface area contributed by atoms with Gasteiger partial charge in [0.15, 0.2) is 0 Å². The van der Waals surface area contributed by atoms with E-state index in [0.717, 1.165) is 32.1 Å². The van der Waals surface area contributed by atoms with Gasteiger partial charge in [0, 0.05) is 26.2 Å². The molecule has 2 saturated heterocycles. The molecule has 1 atom stereocenters. The Bertz CT molecular complexity index is 798. The van der Waals surface area contributed by atoms with Gasteiger partial charge in [0.25, 0.3) is 0 Å². The van der Waals surface area contributed by atoms with Crippen LogP contribution >= 0.6 is 0 Å². The van der Waals surface area contributed by atoms with Crippen molar-refractivity contribution in [2.75, 3.05) is 26.2 Å². The van der Waals surface area contributed by atoms with Crippen molar-refractivity contribution < 1.29 is 16.8 Å². The molecule has 0 spiro atoms. The molecule has 1 aromatic rings. The van der Waals surface area contributed by atoms with Crippen LogP contribution in [0.4, 0.5) is 0 Å². The zero-order valence-corrected chi connectivity index (χ0v) is 16.2. The Balaban J connectivity index is 1.82. The zero-order valence-electron chi connectivity index (χ0n) is 14.6. The number of hydrogen-bond donors (Lipinski definition) is 0. The average Bonchev–Trinajstić information content (AvgIpc) is 2.62. The van der Waals surface area contributed by atoms with E-state index in [1.54, 1.807) is 0 Å². The topological polar surface area (TPSA) is 74.8 Å². The molecule has 3 rings (SSSR count). The van der Waals surface area contributed by atoms with Gasteiger partial charge in [-0.05, 0) is 55.9 Å². The maximum absolute atomic E-state index is 12.8. The van der Waals surface area contributed by atoms with Crippen molar-refractivity contribution in [3.8, 4) is 0 Å². The lowest BCUT2D eigenvalue weighted by Crippen LogP contribution is -2.39. The highest BCUT2D eigenvalue weighted by molar-refractivity contribution is 7.89. The van der Waals surface area contributed by atoms with E-state index in [2.05, 4.69) is 6.92 Å². The number of sulfonamides is 2. The minimum absolute atomic E-state index is 0.166. The summed E-state index contributed by atoms with van der Waals surface area (Å²) in [4.78, 5) is 0.333. The SMILES string of the molecule is C[C@H]1CCCN(S(=O)(=O)c2ccc(S(=O)(=O)N3CCCCC3)cc2)C1. The lowest BCUT2D eigenvalue weighted by molar-refractivity contribution is 0.281. The minimum atomic E-state index is -3.56. The lowest BCUT2D eigenvalue weighted by atomic mass is 10.0. The van der Waals surface area contributed by atoms with Crippen LogP contribution in [0.3, 0.4) is 0 Å². The van der Waals surface area contributed by atoms with Gasteiger partial charge in [-0.2, -0.15) is 8.61 Å². The molecule has 0 unspecified atom stereocenters. The van der Waals surface area contributed by atoms with Crippen molar-refractivity contribution in [1.29, 1.82) is 0 Å². The summed E-state index contributed by atoms with van der Waals surface area (Å²) >= 11 is 0. The standard InChI is InChI=1S/C17H26N2O4S2/c1-15-6-5-13-19(14-15)25(22,23)17-9-7-16(8-10-17)24(20,21)18-11-3-2-4-12-18/h7-10,15H,2-6,11-14H2,1H3/t15-/m0/s1. The Hall–Kier alpha value is -0.960. The van der Waals surface area contributed by atoms with Gasteiger partial charge in [-0.3, -0.25) is 0 Å². The zero-order chi connectivity index (χ0) is 18.1. The van der Waals surface area contributed by atoms with Crippen molar-refractivity contribution in [1.82, 2.24) is 8.61 Å². The molecule has 8 heteroatoms. The Morgan fingerprint density at radius 3 is 1.76 bits per heavy atom. The van der Waals surface area contributed by atoms with E-state index in [4.69, 9.17) is 0 Å². The monoisotopic (exact) mass is 386 g/mol. The van der Waals surface area contributed by atoms with Crippen LogP contribution in [-0.2, 0) is 20.0 Å². The third kappa shape index (κ3) is 3.92. The molecule has 1 aromatic carbocycles. The van der Waals surface area contributed by atoms with E-state index >= 15 is 0 Å². The molecule has 2 fully saturated rings. The second-order valence-corrected chi connectivity index (χ2v) is 10.9. The Morgan fingerprint density at radius 1 is 0.760 bits per heavy atom. The summed E-state index contributed by atoms with van der Waals surface area (Å²) in [5, 5.41) is 0. The van der Waals surface area contributed by atoms with Crippen molar-refractivity contribution in [3.63, 3.8) is 0 Å². The molecule has 0 saturated carbocycles. The third-order valence-corrected chi connectivity index (χ3v) is 8.83. The highest BCUT2D eigenvalue weighted by Gasteiger charge is 2.30. The van der Waals surface area contributed by atoms with Crippen molar-refractivity contribution in [2.24, 2.45) is 5.92 Å². The van der Waals surface area contributed by atoms with E-state index in [-0.39, 0.29) is 9.79 Å².